The zero-order valence-electron chi connectivity index (χ0n) is 32.3. The van der Waals surface area contributed by atoms with Crippen molar-refractivity contribution in [3.63, 3.8) is 0 Å². The number of alkyl halides is 3. The molecule has 14 nitrogen and oxygen atoms in total. The summed E-state index contributed by atoms with van der Waals surface area (Å²) in [7, 11) is 0. The Labute approximate surface area is 334 Å². The third-order valence-electron chi connectivity index (χ3n) is 11.4. The molecular weight excluding hydrogens is 766 g/mol. The van der Waals surface area contributed by atoms with E-state index < -0.39 is 34.8 Å². The van der Waals surface area contributed by atoms with Crippen LogP contribution in [-0.2, 0) is 34.8 Å². The van der Waals surface area contributed by atoms with Crippen LogP contribution >= 0.6 is 12.2 Å². The van der Waals surface area contributed by atoms with E-state index in [2.05, 4.69) is 39.3 Å². The summed E-state index contributed by atoms with van der Waals surface area (Å²) in [6, 6.07) is 5.63. The summed E-state index contributed by atoms with van der Waals surface area (Å²) in [5.74, 6) is -1.44. The molecule has 0 spiro atoms. The van der Waals surface area contributed by atoms with Gasteiger partial charge in [0.05, 0.1) is 55.3 Å². The molecule has 1 aliphatic carbocycles. The Bertz CT molecular complexity index is 1920. The topological polar surface area (TPSA) is 170 Å². The van der Waals surface area contributed by atoms with Crippen molar-refractivity contribution >= 4 is 52.5 Å². The summed E-state index contributed by atoms with van der Waals surface area (Å²) >= 11 is 5.69. The minimum absolute atomic E-state index is 0.00192. The number of anilines is 2. The van der Waals surface area contributed by atoms with Crippen molar-refractivity contribution in [2.45, 2.75) is 127 Å². The van der Waals surface area contributed by atoms with E-state index in [1.807, 2.05) is 4.90 Å². The summed E-state index contributed by atoms with van der Waals surface area (Å²) in [6.45, 7) is 8.52. The molecule has 5 heterocycles. The highest BCUT2D eigenvalue weighted by Crippen LogP contribution is 2.40. The average molecular weight is 813 g/mol. The lowest BCUT2D eigenvalue weighted by Gasteiger charge is -2.42. The van der Waals surface area contributed by atoms with Crippen LogP contribution in [-0.4, -0.2) is 104 Å². The van der Waals surface area contributed by atoms with Crippen LogP contribution in [0.1, 0.15) is 102 Å². The Morgan fingerprint density at radius 1 is 1.04 bits per heavy atom. The Morgan fingerprint density at radius 3 is 2.33 bits per heavy atom. The van der Waals surface area contributed by atoms with Gasteiger partial charge in [0.15, 0.2) is 10.8 Å². The second-order valence-corrected chi connectivity index (χ2v) is 16.1. The van der Waals surface area contributed by atoms with E-state index >= 15 is 0 Å². The number of ether oxygens (including phenoxy) is 2. The number of likely N-dealkylation sites (tertiary alicyclic amines) is 1. The highest BCUT2D eigenvalue weighted by Gasteiger charge is 2.53. The van der Waals surface area contributed by atoms with Crippen molar-refractivity contribution in [3.05, 3.63) is 47.4 Å². The molecule has 3 saturated heterocycles. The van der Waals surface area contributed by atoms with Gasteiger partial charge in [-0.15, -0.1) is 0 Å². The number of aromatic nitrogens is 2. The largest absolute Gasteiger partial charge is 0.419 e. The molecule has 4 fully saturated rings. The molecule has 18 heteroatoms. The number of pyridine rings is 2. The first-order chi connectivity index (χ1) is 27.0. The van der Waals surface area contributed by atoms with Gasteiger partial charge < -0.3 is 19.7 Å². The molecule has 2 unspecified atom stereocenters. The van der Waals surface area contributed by atoms with Crippen LogP contribution in [0.15, 0.2) is 30.6 Å². The minimum Gasteiger partial charge on any atom is -0.376 e. The van der Waals surface area contributed by atoms with E-state index in [0.29, 0.717) is 56.7 Å². The van der Waals surface area contributed by atoms with Crippen LogP contribution in [0.5, 0.6) is 0 Å². The van der Waals surface area contributed by atoms with Crippen LogP contribution in [0, 0.1) is 11.3 Å². The molecule has 57 heavy (non-hydrogen) atoms. The number of hydrogen-bond donors (Lipinski definition) is 2. The van der Waals surface area contributed by atoms with Crippen molar-refractivity contribution in [1.82, 2.24) is 25.1 Å². The molecule has 2 N–H and O–H groups in total. The molecule has 0 bridgehead atoms. The van der Waals surface area contributed by atoms with Crippen LogP contribution in [0.2, 0.25) is 0 Å². The fourth-order valence-corrected chi connectivity index (χ4v) is 9.10. The fraction of sp³-hybridized carbons (Fsp3) is 0.590. The normalized spacial score (nSPS) is 27.0. The summed E-state index contributed by atoms with van der Waals surface area (Å²) in [6.07, 6.45) is 2.64. The Hall–Kier alpha value is -4.57. The molecule has 1 saturated carbocycles. The third-order valence-corrected chi connectivity index (χ3v) is 11.8. The molecule has 6 rings (SSSR count). The van der Waals surface area contributed by atoms with Gasteiger partial charge in [-0.1, -0.05) is 0 Å². The highest BCUT2D eigenvalue weighted by molar-refractivity contribution is 7.80. The van der Waals surface area contributed by atoms with Gasteiger partial charge in [-0.05, 0) is 109 Å². The molecule has 0 aromatic carbocycles. The molecule has 2 aromatic heterocycles. The first kappa shape index (κ1) is 42.0. The van der Waals surface area contributed by atoms with Gasteiger partial charge in [0.1, 0.15) is 17.4 Å². The lowest BCUT2D eigenvalue weighted by Crippen LogP contribution is -2.51. The predicted molar refractivity (Wildman–Crippen MR) is 205 cm³/mol. The van der Waals surface area contributed by atoms with Crippen LogP contribution < -0.4 is 15.5 Å². The SMILES string of the molecule is C[C@@H]1CC(OCCOC2CCC(N3C(=S)N(c4cnc(C#N)c(C(F)(F)F)c4)C(=O)C3(C)C)CC2)C[C@H](C)N1CC(=O)Nc1cc(C2CCC(=O)NC2=O)ccn1. The van der Waals surface area contributed by atoms with E-state index in [1.54, 1.807) is 32.2 Å². The van der Waals surface area contributed by atoms with Crippen LogP contribution in [0.3, 0.4) is 0 Å². The summed E-state index contributed by atoms with van der Waals surface area (Å²) in [5.41, 5.74) is -2.54. The molecular formula is C39H47F3N8O6S. The van der Waals surface area contributed by atoms with Gasteiger partial charge in [0.2, 0.25) is 17.7 Å². The zero-order valence-corrected chi connectivity index (χ0v) is 33.1. The maximum atomic E-state index is 13.7. The number of piperidine rings is 2. The van der Waals surface area contributed by atoms with Gasteiger partial charge in [0, 0.05) is 30.7 Å². The minimum atomic E-state index is -4.83. The number of rotatable bonds is 11. The van der Waals surface area contributed by atoms with E-state index in [0.717, 1.165) is 30.0 Å². The number of carbonyl (C=O) groups is 4. The fourth-order valence-electron chi connectivity index (χ4n) is 8.53. The smallest absolute Gasteiger partial charge is 0.376 e. The molecule has 4 atom stereocenters. The Kier molecular flexibility index (Phi) is 12.6. The lowest BCUT2D eigenvalue weighted by molar-refractivity contribution is -0.138. The summed E-state index contributed by atoms with van der Waals surface area (Å²) < 4.78 is 53.4. The van der Waals surface area contributed by atoms with Gasteiger partial charge in [-0.25, -0.2) is 9.97 Å². The lowest BCUT2D eigenvalue weighted by atomic mass is 9.89. The summed E-state index contributed by atoms with van der Waals surface area (Å²) in [5, 5.41) is 14.5. The second kappa shape index (κ2) is 17.1. The number of nitriles is 1. The standard InChI is InChI=1S/C39H47F3N8O6S/c1-22-15-28(16-23(2)48(22)21-34(52)46-32-17-24(11-12-44-32)29-9-10-33(51)47-35(29)53)56-14-13-55-27-7-5-25(6-8-27)50-37(57)49(36(54)38(50,3)4)26-18-30(39(40,41)42)31(19-43)45-20-26/h11-12,17-18,20,22-23,25,27-29H,5-10,13-16,21H2,1-4H3,(H,44,46,52)(H,47,51,53)/t22-,23+,25?,27?,28?,29?. The molecule has 3 aliphatic heterocycles. The molecule has 4 amide bonds. The maximum Gasteiger partial charge on any atom is 0.419 e. The summed E-state index contributed by atoms with van der Waals surface area (Å²) in [4.78, 5) is 63.4. The van der Waals surface area contributed by atoms with E-state index in [4.69, 9.17) is 27.0 Å². The number of nitrogens with zero attached hydrogens (tertiary/aromatic N) is 6. The van der Waals surface area contributed by atoms with E-state index in [1.165, 1.54) is 6.07 Å². The molecule has 4 aliphatic rings. The number of hydrogen-bond acceptors (Lipinski definition) is 11. The monoisotopic (exact) mass is 812 g/mol. The van der Waals surface area contributed by atoms with Crippen molar-refractivity contribution in [2.75, 3.05) is 30.0 Å². The van der Waals surface area contributed by atoms with Crippen molar-refractivity contribution < 1.29 is 41.8 Å². The van der Waals surface area contributed by atoms with Crippen LogP contribution in [0.25, 0.3) is 0 Å². The number of amides is 4. The predicted octanol–water partition coefficient (Wildman–Crippen LogP) is 4.82. The third kappa shape index (κ3) is 9.27. The number of halogens is 3. The van der Waals surface area contributed by atoms with Crippen molar-refractivity contribution in [2.24, 2.45) is 0 Å². The quantitative estimate of drug-likeness (QED) is 0.181. The van der Waals surface area contributed by atoms with Crippen molar-refractivity contribution in [1.29, 1.82) is 5.26 Å². The number of carbonyl (C=O) groups excluding carboxylic acids is 4. The van der Waals surface area contributed by atoms with Gasteiger partial charge >= 0.3 is 6.18 Å². The van der Waals surface area contributed by atoms with Gasteiger partial charge in [-0.3, -0.25) is 34.3 Å². The van der Waals surface area contributed by atoms with Gasteiger partial charge in [-0.2, -0.15) is 18.4 Å². The number of nitrogens with one attached hydrogen (secondary N) is 2. The van der Waals surface area contributed by atoms with E-state index in [-0.39, 0.29) is 71.8 Å². The Morgan fingerprint density at radius 2 is 1.70 bits per heavy atom. The molecule has 306 valence electrons. The first-order valence-electron chi connectivity index (χ1n) is 19.2. The molecule has 2 aromatic rings. The highest BCUT2D eigenvalue weighted by atomic mass is 32.1. The second-order valence-electron chi connectivity index (χ2n) is 15.7. The van der Waals surface area contributed by atoms with Crippen LogP contribution in [0.4, 0.5) is 24.7 Å². The number of imide groups is 1. The maximum absolute atomic E-state index is 13.7. The zero-order chi connectivity index (χ0) is 41.2. The van der Waals surface area contributed by atoms with Crippen molar-refractivity contribution in [3.8, 4) is 6.07 Å². The molecule has 0 radical (unpaired) electrons. The Balaban J connectivity index is 0.929. The van der Waals surface area contributed by atoms with Gasteiger partial charge in [0.25, 0.3) is 5.91 Å². The first-order valence-corrected chi connectivity index (χ1v) is 19.6. The number of thiocarbonyl (C=S) groups is 1. The average Bonchev–Trinajstić information content (AvgIpc) is 3.33. The van der Waals surface area contributed by atoms with E-state index in [9.17, 15) is 32.3 Å².